The Morgan fingerprint density at radius 1 is 0.724 bits per heavy atom. The third-order valence-electron chi connectivity index (χ3n) is 5.34. The van der Waals surface area contributed by atoms with Crippen LogP contribution in [-0.4, -0.2) is 22.4 Å². The molecule has 1 aliphatic rings. The molecule has 0 aromatic heterocycles. The summed E-state index contributed by atoms with van der Waals surface area (Å²) < 4.78 is 5.30. The van der Waals surface area contributed by atoms with Gasteiger partial charge in [0.05, 0.1) is 5.56 Å². The second-order valence-corrected chi connectivity index (χ2v) is 7.40. The number of hydrogen-bond donors (Lipinski definition) is 0. The van der Waals surface area contributed by atoms with Gasteiger partial charge in [0.15, 0.2) is 0 Å². The molecule has 0 heterocycles. The molecule has 0 spiro atoms. The fourth-order valence-electron chi connectivity index (χ4n) is 3.55. The summed E-state index contributed by atoms with van der Waals surface area (Å²) in [5.74, 6) is -1.06. The van der Waals surface area contributed by atoms with Gasteiger partial charge in [-0.05, 0) is 36.1 Å². The number of esters is 2. The van der Waals surface area contributed by atoms with E-state index in [1.54, 1.807) is 24.3 Å². The van der Waals surface area contributed by atoms with E-state index in [1.807, 2.05) is 42.5 Å². The van der Waals surface area contributed by atoms with Crippen molar-refractivity contribution in [2.75, 3.05) is 0 Å². The zero-order chi connectivity index (χ0) is 20.1. The van der Waals surface area contributed by atoms with Crippen LogP contribution >= 0.6 is 0 Å². The van der Waals surface area contributed by atoms with E-state index in [2.05, 4.69) is 29.2 Å². The summed E-state index contributed by atoms with van der Waals surface area (Å²) in [6.45, 7) is 1.23. The van der Waals surface area contributed by atoms with Gasteiger partial charge >= 0.3 is 11.9 Å². The average molecular weight is 385 g/mol. The van der Waals surface area contributed by atoms with E-state index in [4.69, 9.17) is 4.74 Å². The van der Waals surface area contributed by atoms with Gasteiger partial charge in [-0.15, -0.1) is 0 Å². The topological polar surface area (TPSA) is 46.6 Å². The molecule has 1 aliphatic carbocycles. The van der Waals surface area contributed by atoms with Gasteiger partial charge in [-0.25, -0.2) is 9.59 Å². The molecular weight excluding hydrogens is 362 g/mol. The zero-order valence-corrected chi connectivity index (χ0v) is 16.2. The smallest absolute Gasteiger partial charge is 0.345 e. The highest BCUT2D eigenvalue weighted by Crippen LogP contribution is 2.44. The molecular formula is C25H23NO3. The van der Waals surface area contributed by atoms with E-state index in [9.17, 15) is 9.59 Å². The lowest BCUT2D eigenvalue weighted by molar-refractivity contribution is -0.146. The molecule has 1 fully saturated rings. The Morgan fingerprint density at radius 3 is 1.62 bits per heavy atom. The number of nitrogens with zero attached hydrogens (tertiary/aromatic N) is 1. The van der Waals surface area contributed by atoms with Crippen molar-refractivity contribution in [1.82, 2.24) is 4.90 Å². The first kappa shape index (κ1) is 19.1. The summed E-state index contributed by atoms with van der Waals surface area (Å²) >= 11 is 0. The van der Waals surface area contributed by atoms with Crippen LogP contribution in [0.15, 0.2) is 91.0 Å². The van der Waals surface area contributed by atoms with Gasteiger partial charge in [0.2, 0.25) is 0 Å². The Morgan fingerprint density at radius 2 is 1.17 bits per heavy atom. The fraction of sp³-hybridized carbons (Fsp3) is 0.200. The van der Waals surface area contributed by atoms with Crippen LogP contribution in [-0.2, 0) is 22.6 Å². The molecule has 1 saturated carbocycles. The predicted octanol–water partition coefficient (Wildman–Crippen LogP) is 4.61. The SMILES string of the molecule is O=C(OC(=O)C1(N(Cc2ccccc2)Cc2ccccc2)CC1)c1ccccc1. The molecule has 3 aromatic carbocycles. The van der Waals surface area contributed by atoms with Gasteiger partial charge in [-0.3, -0.25) is 4.90 Å². The number of carbonyl (C=O) groups is 2. The second kappa shape index (κ2) is 8.41. The molecule has 4 rings (SSSR count). The van der Waals surface area contributed by atoms with Crippen LogP contribution in [0.1, 0.15) is 34.3 Å². The highest BCUT2D eigenvalue weighted by molar-refractivity contribution is 6.00. The Kier molecular flexibility index (Phi) is 5.54. The van der Waals surface area contributed by atoms with Crippen LogP contribution in [0.25, 0.3) is 0 Å². The average Bonchev–Trinajstić information content (AvgIpc) is 3.58. The minimum absolute atomic E-state index is 0.384. The number of hydrogen-bond acceptors (Lipinski definition) is 4. The van der Waals surface area contributed by atoms with Crippen molar-refractivity contribution in [3.05, 3.63) is 108 Å². The minimum atomic E-state index is -0.754. The van der Waals surface area contributed by atoms with Crippen LogP contribution in [0.2, 0.25) is 0 Å². The van der Waals surface area contributed by atoms with Crippen molar-refractivity contribution in [1.29, 1.82) is 0 Å². The van der Waals surface area contributed by atoms with E-state index in [0.29, 0.717) is 31.5 Å². The van der Waals surface area contributed by atoms with E-state index in [0.717, 1.165) is 11.1 Å². The molecule has 0 amide bonds. The molecule has 3 aromatic rings. The van der Waals surface area contributed by atoms with E-state index < -0.39 is 17.5 Å². The maximum Gasteiger partial charge on any atom is 0.345 e. The summed E-state index contributed by atoms with van der Waals surface area (Å²) in [4.78, 5) is 27.6. The quantitative estimate of drug-likeness (QED) is 0.440. The minimum Gasteiger partial charge on any atom is -0.388 e. The van der Waals surface area contributed by atoms with Crippen LogP contribution in [0, 0.1) is 0 Å². The Balaban J connectivity index is 1.55. The third kappa shape index (κ3) is 4.44. The lowest BCUT2D eigenvalue weighted by Gasteiger charge is -2.30. The van der Waals surface area contributed by atoms with Gasteiger partial charge in [0.1, 0.15) is 5.54 Å². The molecule has 4 nitrogen and oxygen atoms in total. The van der Waals surface area contributed by atoms with Crippen molar-refractivity contribution in [2.24, 2.45) is 0 Å². The number of benzene rings is 3. The van der Waals surface area contributed by atoms with Crippen molar-refractivity contribution >= 4 is 11.9 Å². The van der Waals surface area contributed by atoms with Crippen molar-refractivity contribution < 1.29 is 14.3 Å². The Hall–Kier alpha value is -3.24. The highest BCUT2D eigenvalue weighted by atomic mass is 16.6. The largest absolute Gasteiger partial charge is 0.388 e. The summed E-state index contributed by atoms with van der Waals surface area (Å²) in [6, 6.07) is 28.8. The molecule has 0 aliphatic heterocycles. The van der Waals surface area contributed by atoms with Crippen molar-refractivity contribution in [3.63, 3.8) is 0 Å². The summed E-state index contributed by atoms with van der Waals surface area (Å²) in [6.07, 6.45) is 1.38. The molecule has 0 atom stereocenters. The molecule has 0 bridgehead atoms. The standard InChI is InChI=1S/C25H23NO3/c27-23(22-14-8-3-9-15-22)29-24(28)25(16-17-25)26(18-20-10-4-1-5-11-20)19-21-12-6-2-7-13-21/h1-15H,16-19H2. The van der Waals surface area contributed by atoms with Crippen LogP contribution < -0.4 is 0 Å². The molecule has 4 heteroatoms. The lowest BCUT2D eigenvalue weighted by Crippen LogP contribution is -2.44. The first-order valence-electron chi connectivity index (χ1n) is 9.82. The monoisotopic (exact) mass is 385 g/mol. The zero-order valence-electron chi connectivity index (χ0n) is 16.2. The Labute approximate surface area is 170 Å². The maximum atomic E-state index is 13.0. The van der Waals surface area contributed by atoms with Crippen LogP contribution in [0.3, 0.4) is 0 Å². The Bertz CT molecular complexity index is 925. The first-order chi connectivity index (χ1) is 14.2. The van der Waals surface area contributed by atoms with Crippen molar-refractivity contribution in [2.45, 2.75) is 31.5 Å². The number of carbonyl (C=O) groups excluding carboxylic acids is 2. The van der Waals surface area contributed by atoms with Gasteiger partial charge in [0.25, 0.3) is 0 Å². The number of ether oxygens (including phenoxy) is 1. The second-order valence-electron chi connectivity index (χ2n) is 7.40. The highest BCUT2D eigenvalue weighted by Gasteiger charge is 2.56. The van der Waals surface area contributed by atoms with Gasteiger partial charge in [0, 0.05) is 13.1 Å². The molecule has 146 valence electrons. The van der Waals surface area contributed by atoms with E-state index in [1.165, 1.54) is 0 Å². The molecule has 0 saturated heterocycles. The molecule has 0 N–H and O–H groups in total. The van der Waals surface area contributed by atoms with Gasteiger partial charge in [-0.1, -0.05) is 78.9 Å². The van der Waals surface area contributed by atoms with Gasteiger partial charge in [-0.2, -0.15) is 0 Å². The van der Waals surface area contributed by atoms with E-state index in [-0.39, 0.29) is 0 Å². The summed E-state index contributed by atoms with van der Waals surface area (Å²) in [5, 5.41) is 0. The van der Waals surface area contributed by atoms with E-state index >= 15 is 0 Å². The van der Waals surface area contributed by atoms with Crippen LogP contribution in [0.5, 0.6) is 0 Å². The normalized spacial score (nSPS) is 14.4. The molecule has 29 heavy (non-hydrogen) atoms. The summed E-state index contributed by atoms with van der Waals surface area (Å²) in [7, 11) is 0. The number of rotatable bonds is 7. The van der Waals surface area contributed by atoms with Crippen LogP contribution in [0.4, 0.5) is 0 Å². The lowest BCUT2D eigenvalue weighted by atomic mass is 10.1. The predicted molar refractivity (Wildman–Crippen MR) is 111 cm³/mol. The third-order valence-corrected chi connectivity index (χ3v) is 5.34. The maximum absolute atomic E-state index is 13.0. The fourth-order valence-corrected chi connectivity index (χ4v) is 3.55. The first-order valence-corrected chi connectivity index (χ1v) is 9.82. The summed E-state index contributed by atoms with van der Waals surface area (Å²) in [5.41, 5.74) is 1.87. The molecule has 0 unspecified atom stereocenters. The molecule has 0 radical (unpaired) electrons. The van der Waals surface area contributed by atoms with Crippen molar-refractivity contribution in [3.8, 4) is 0 Å². The van der Waals surface area contributed by atoms with Gasteiger partial charge < -0.3 is 4.74 Å².